The monoisotopic (exact) mass is 285 g/mol. The SMILES string of the molecule is CN1CC[C@]2(C)c3cc(O)ccc3CC3CCCC1C32C. The van der Waals surface area contributed by atoms with Crippen LogP contribution in [0, 0.1) is 11.3 Å². The summed E-state index contributed by atoms with van der Waals surface area (Å²) >= 11 is 0. The van der Waals surface area contributed by atoms with Gasteiger partial charge in [-0.2, -0.15) is 0 Å². The third-order valence-corrected chi connectivity index (χ3v) is 7.41. The summed E-state index contributed by atoms with van der Waals surface area (Å²) in [7, 11) is 2.32. The topological polar surface area (TPSA) is 23.5 Å². The van der Waals surface area contributed by atoms with Gasteiger partial charge in [0.05, 0.1) is 0 Å². The van der Waals surface area contributed by atoms with E-state index in [0.29, 0.717) is 17.2 Å². The maximum Gasteiger partial charge on any atom is 0.115 e. The minimum Gasteiger partial charge on any atom is -0.508 e. The van der Waals surface area contributed by atoms with Gasteiger partial charge in [0.2, 0.25) is 0 Å². The molecule has 2 nitrogen and oxygen atoms in total. The van der Waals surface area contributed by atoms with Crippen LogP contribution in [0.3, 0.4) is 0 Å². The van der Waals surface area contributed by atoms with Gasteiger partial charge in [-0.1, -0.05) is 26.3 Å². The summed E-state index contributed by atoms with van der Waals surface area (Å²) in [5.74, 6) is 1.23. The highest BCUT2D eigenvalue weighted by Gasteiger charge is 2.61. The number of piperidine rings is 1. The van der Waals surface area contributed by atoms with Crippen LogP contribution >= 0.6 is 0 Å². The smallest absolute Gasteiger partial charge is 0.115 e. The van der Waals surface area contributed by atoms with Crippen molar-refractivity contribution >= 4 is 0 Å². The number of hydrogen-bond donors (Lipinski definition) is 1. The molecule has 21 heavy (non-hydrogen) atoms. The predicted octanol–water partition coefficient (Wildman–Crippen LogP) is 3.72. The molecular weight excluding hydrogens is 258 g/mol. The normalized spacial score (nSPS) is 42.2. The molecule has 1 aromatic carbocycles. The van der Waals surface area contributed by atoms with Crippen molar-refractivity contribution in [1.82, 2.24) is 4.90 Å². The lowest BCUT2D eigenvalue weighted by atomic mass is 9.43. The van der Waals surface area contributed by atoms with Crippen molar-refractivity contribution in [3.8, 4) is 5.75 Å². The first-order valence-corrected chi connectivity index (χ1v) is 8.49. The quantitative estimate of drug-likeness (QED) is 0.785. The van der Waals surface area contributed by atoms with Crippen molar-refractivity contribution in [3.63, 3.8) is 0 Å². The van der Waals surface area contributed by atoms with Gasteiger partial charge in [0.15, 0.2) is 0 Å². The number of nitrogens with zero attached hydrogens (tertiary/aromatic N) is 1. The van der Waals surface area contributed by atoms with Crippen LogP contribution in [0.15, 0.2) is 18.2 Å². The molecule has 0 spiro atoms. The maximum absolute atomic E-state index is 10.0. The second-order valence-electron chi connectivity index (χ2n) is 8.03. The Kier molecular flexibility index (Phi) is 2.76. The summed E-state index contributed by atoms with van der Waals surface area (Å²) in [5.41, 5.74) is 3.48. The van der Waals surface area contributed by atoms with Gasteiger partial charge in [-0.15, -0.1) is 0 Å². The van der Waals surface area contributed by atoms with E-state index in [9.17, 15) is 5.11 Å². The van der Waals surface area contributed by atoms with E-state index < -0.39 is 0 Å². The van der Waals surface area contributed by atoms with Crippen LogP contribution in [0.25, 0.3) is 0 Å². The van der Waals surface area contributed by atoms with E-state index in [1.54, 1.807) is 0 Å². The molecule has 1 heterocycles. The second kappa shape index (κ2) is 4.25. The van der Waals surface area contributed by atoms with Crippen LogP contribution in [0.1, 0.15) is 50.7 Å². The van der Waals surface area contributed by atoms with Crippen molar-refractivity contribution in [2.24, 2.45) is 11.3 Å². The van der Waals surface area contributed by atoms with Gasteiger partial charge in [-0.05, 0) is 73.9 Å². The molecule has 3 unspecified atom stereocenters. The Hall–Kier alpha value is -1.02. The lowest BCUT2D eigenvalue weighted by Gasteiger charge is -2.66. The highest BCUT2D eigenvalue weighted by molar-refractivity contribution is 5.45. The molecule has 0 aromatic heterocycles. The summed E-state index contributed by atoms with van der Waals surface area (Å²) in [4.78, 5) is 2.61. The summed E-state index contributed by atoms with van der Waals surface area (Å²) in [5, 5.41) is 10.0. The van der Waals surface area contributed by atoms with Crippen LogP contribution in [-0.2, 0) is 11.8 Å². The molecule has 0 amide bonds. The molecule has 2 aliphatic carbocycles. The van der Waals surface area contributed by atoms with E-state index in [2.05, 4.69) is 37.9 Å². The Morgan fingerprint density at radius 2 is 2.05 bits per heavy atom. The van der Waals surface area contributed by atoms with Gasteiger partial charge in [-0.3, -0.25) is 0 Å². The van der Waals surface area contributed by atoms with E-state index >= 15 is 0 Å². The minimum atomic E-state index is 0.210. The molecule has 1 aliphatic heterocycles. The Morgan fingerprint density at radius 1 is 1.24 bits per heavy atom. The van der Waals surface area contributed by atoms with Crippen molar-refractivity contribution in [3.05, 3.63) is 29.3 Å². The highest BCUT2D eigenvalue weighted by Crippen LogP contribution is 2.63. The molecular formula is C19H27NO. The Morgan fingerprint density at radius 3 is 2.86 bits per heavy atom. The number of phenols is 1. The number of rotatable bonds is 0. The summed E-state index contributed by atoms with van der Waals surface area (Å²) < 4.78 is 0. The zero-order valence-corrected chi connectivity index (χ0v) is 13.5. The lowest BCUT2D eigenvalue weighted by Crippen LogP contribution is -2.66. The number of likely N-dealkylation sites (tertiary alicyclic amines) is 1. The number of hydrogen-bond acceptors (Lipinski definition) is 2. The van der Waals surface area contributed by atoms with Gasteiger partial charge in [-0.25, -0.2) is 0 Å². The number of benzene rings is 1. The van der Waals surface area contributed by atoms with Crippen LogP contribution in [0.2, 0.25) is 0 Å². The van der Waals surface area contributed by atoms with E-state index in [0.717, 1.165) is 5.92 Å². The molecule has 4 atom stereocenters. The first-order chi connectivity index (χ1) is 9.97. The van der Waals surface area contributed by atoms with Gasteiger partial charge in [0.25, 0.3) is 0 Å². The molecule has 1 aromatic rings. The molecule has 0 radical (unpaired) electrons. The second-order valence-corrected chi connectivity index (χ2v) is 8.03. The average Bonchev–Trinajstić information content (AvgIpc) is 2.46. The lowest BCUT2D eigenvalue weighted by molar-refractivity contribution is -0.102. The van der Waals surface area contributed by atoms with Crippen LogP contribution in [-0.4, -0.2) is 29.6 Å². The minimum absolute atomic E-state index is 0.210. The average molecular weight is 285 g/mol. The highest BCUT2D eigenvalue weighted by atomic mass is 16.3. The molecule has 3 aliphatic rings. The molecule has 1 N–H and O–H groups in total. The number of phenolic OH excluding ortho intramolecular Hbond substituents is 1. The molecule has 2 fully saturated rings. The third kappa shape index (κ3) is 1.57. The third-order valence-electron chi connectivity index (χ3n) is 7.41. The van der Waals surface area contributed by atoms with Crippen LogP contribution in [0.5, 0.6) is 5.75 Å². The molecule has 2 heteroatoms. The standard InChI is InChI=1S/C19H27NO/c1-18-9-10-20(3)17-6-4-5-14(19(17,18)2)11-13-7-8-15(21)12-16(13)18/h7-8,12,14,17,21H,4-6,9-11H2,1-3H3/t14?,17?,18-,19?/m1/s1. The number of fused-ring (bicyclic) bond motifs is 2. The number of aromatic hydroxyl groups is 1. The zero-order valence-electron chi connectivity index (χ0n) is 13.5. The largest absolute Gasteiger partial charge is 0.508 e. The van der Waals surface area contributed by atoms with E-state index in [1.807, 2.05) is 6.07 Å². The Bertz CT molecular complexity index is 583. The summed E-state index contributed by atoms with van der Waals surface area (Å²) in [6, 6.07) is 6.82. The molecule has 4 rings (SSSR count). The fourth-order valence-electron chi connectivity index (χ4n) is 6.01. The molecule has 114 valence electrons. The maximum atomic E-state index is 10.0. The van der Waals surface area contributed by atoms with Crippen molar-refractivity contribution in [2.45, 2.75) is 57.4 Å². The van der Waals surface area contributed by atoms with Crippen LogP contribution in [0.4, 0.5) is 0 Å². The van der Waals surface area contributed by atoms with Gasteiger partial charge in [0, 0.05) is 11.5 Å². The predicted molar refractivity (Wildman–Crippen MR) is 85.6 cm³/mol. The van der Waals surface area contributed by atoms with Crippen molar-refractivity contribution in [1.29, 1.82) is 0 Å². The van der Waals surface area contributed by atoms with E-state index in [-0.39, 0.29) is 5.41 Å². The Labute approximate surface area is 128 Å². The fraction of sp³-hybridized carbons (Fsp3) is 0.684. The summed E-state index contributed by atoms with van der Waals surface area (Å²) in [6.07, 6.45) is 6.50. The fourth-order valence-corrected chi connectivity index (χ4v) is 6.01. The van der Waals surface area contributed by atoms with Crippen LogP contribution < -0.4 is 0 Å². The Balaban J connectivity index is 1.94. The molecule has 0 bridgehead atoms. The van der Waals surface area contributed by atoms with Gasteiger partial charge in [0.1, 0.15) is 5.75 Å². The first-order valence-electron chi connectivity index (χ1n) is 8.49. The van der Waals surface area contributed by atoms with E-state index in [4.69, 9.17) is 0 Å². The molecule has 1 saturated heterocycles. The van der Waals surface area contributed by atoms with Crippen molar-refractivity contribution < 1.29 is 5.11 Å². The van der Waals surface area contributed by atoms with Gasteiger partial charge < -0.3 is 10.0 Å². The van der Waals surface area contributed by atoms with Crippen molar-refractivity contribution in [2.75, 3.05) is 13.6 Å². The molecule has 1 saturated carbocycles. The zero-order chi connectivity index (χ0) is 14.8. The van der Waals surface area contributed by atoms with E-state index in [1.165, 1.54) is 49.8 Å². The van der Waals surface area contributed by atoms with Gasteiger partial charge >= 0.3 is 0 Å². The summed E-state index contributed by atoms with van der Waals surface area (Å²) in [6.45, 7) is 6.20. The first kappa shape index (κ1) is 13.6.